The van der Waals surface area contributed by atoms with E-state index < -0.39 is 12.5 Å². The number of carbonyl (C=O) groups is 3. The zero-order chi connectivity index (χ0) is 33.8. The highest BCUT2D eigenvalue weighted by Crippen LogP contribution is 2.45. The molecule has 3 aromatic rings. The number of ether oxygens (including phenoxy) is 2. The Hall–Kier alpha value is -4.34. The largest absolute Gasteiger partial charge is 0.573 e. The lowest BCUT2D eigenvalue weighted by Gasteiger charge is -2.41. The van der Waals surface area contributed by atoms with E-state index in [4.69, 9.17) is 0 Å². The molecule has 3 aliphatic rings. The van der Waals surface area contributed by atoms with Gasteiger partial charge in [0.05, 0.1) is 6.54 Å². The second kappa shape index (κ2) is 14.0. The number of amides is 3. The van der Waals surface area contributed by atoms with Crippen LogP contribution in [0.15, 0.2) is 66.7 Å². The summed E-state index contributed by atoms with van der Waals surface area (Å²) < 4.78 is 47.4. The predicted molar refractivity (Wildman–Crippen MR) is 171 cm³/mol. The van der Waals surface area contributed by atoms with Crippen LogP contribution in [-0.2, 0) is 19.7 Å². The lowest BCUT2D eigenvalue weighted by atomic mass is 9.75. The van der Waals surface area contributed by atoms with Gasteiger partial charge >= 0.3 is 12.5 Å². The van der Waals surface area contributed by atoms with Crippen molar-refractivity contribution in [3.63, 3.8) is 0 Å². The normalized spacial score (nSPS) is 16.9. The number of para-hydroxylation sites is 1. The van der Waals surface area contributed by atoms with Crippen LogP contribution in [0.3, 0.4) is 0 Å². The maximum atomic E-state index is 12.9. The number of halogens is 3. The van der Waals surface area contributed by atoms with Gasteiger partial charge < -0.3 is 14.4 Å². The van der Waals surface area contributed by atoms with Crippen molar-refractivity contribution in [1.82, 2.24) is 4.90 Å². The maximum Gasteiger partial charge on any atom is 0.573 e. The molecule has 46 heavy (non-hydrogen) atoms. The molecule has 6 rings (SSSR count). The lowest BCUT2D eigenvalue weighted by molar-refractivity contribution is -0.274. The molecule has 2 heterocycles. The molecule has 246 valence electrons. The number of nitrogens with zero attached hydrogens (tertiary/aromatic N) is 2. The minimum absolute atomic E-state index is 0.0159. The summed E-state index contributed by atoms with van der Waals surface area (Å²) in [6.07, 6.45) is -2.99. The minimum Gasteiger partial charge on any atom is -0.447 e. The molecule has 0 atom stereocenters. The molecule has 0 radical (unpaired) electrons. The van der Waals surface area contributed by atoms with Crippen molar-refractivity contribution in [3.05, 3.63) is 83.4 Å². The SMILES string of the molecule is Cc1cc2c(cc1-c1ccccc1OC(F)(F)F)N(C(C)C)C(=O)CC2(C)C.Cc1ccccc1.O=C1OCCN1C(=O)C1CC1. The second-order valence-electron chi connectivity index (χ2n) is 12.7. The number of aryl methyl sites for hydroxylation is 2. The molecule has 0 aromatic heterocycles. The topological polar surface area (TPSA) is 76.2 Å². The molecule has 0 N–H and O–H groups in total. The van der Waals surface area contributed by atoms with Crippen LogP contribution in [0.1, 0.15) is 63.6 Å². The van der Waals surface area contributed by atoms with Crippen LogP contribution in [0, 0.1) is 19.8 Å². The minimum atomic E-state index is -4.78. The maximum absolute atomic E-state index is 12.9. The van der Waals surface area contributed by atoms with Crippen LogP contribution < -0.4 is 9.64 Å². The number of imide groups is 1. The summed E-state index contributed by atoms with van der Waals surface area (Å²) in [5.74, 6) is -0.175. The molecule has 2 fully saturated rings. The van der Waals surface area contributed by atoms with Crippen LogP contribution in [-0.4, -0.2) is 48.4 Å². The number of rotatable bonds is 4. The highest BCUT2D eigenvalue weighted by atomic mass is 19.4. The van der Waals surface area contributed by atoms with E-state index >= 15 is 0 Å². The lowest BCUT2D eigenvalue weighted by Crippen LogP contribution is -2.45. The van der Waals surface area contributed by atoms with Gasteiger partial charge in [0.25, 0.3) is 0 Å². The molecule has 0 spiro atoms. The Bertz CT molecular complexity index is 1570. The second-order valence-corrected chi connectivity index (χ2v) is 12.7. The molecular weight excluding hydrogens is 597 g/mol. The van der Waals surface area contributed by atoms with Crippen molar-refractivity contribution in [2.24, 2.45) is 5.92 Å². The van der Waals surface area contributed by atoms with Crippen molar-refractivity contribution >= 4 is 23.6 Å². The van der Waals surface area contributed by atoms with Gasteiger partial charge in [-0.3, -0.25) is 9.59 Å². The summed E-state index contributed by atoms with van der Waals surface area (Å²) >= 11 is 0. The van der Waals surface area contributed by atoms with Crippen molar-refractivity contribution in [2.75, 3.05) is 18.1 Å². The first kappa shape index (κ1) is 34.5. The molecule has 1 aliphatic carbocycles. The number of cyclic esters (lactones) is 1. The van der Waals surface area contributed by atoms with E-state index in [9.17, 15) is 27.6 Å². The highest BCUT2D eigenvalue weighted by Gasteiger charge is 2.40. The first-order valence-corrected chi connectivity index (χ1v) is 15.4. The summed E-state index contributed by atoms with van der Waals surface area (Å²) in [6, 6.07) is 20.1. The monoisotopic (exact) mass is 638 g/mol. The first-order chi connectivity index (χ1) is 21.6. The summed E-state index contributed by atoms with van der Waals surface area (Å²) in [6.45, 7) is 12.6. The zero-order valence-electron chi connectivity index (χ0n) is 27.1. The third-order valence-electron chi connectivity index (χ3n) is 8.01. The van der Waals surface area contributed by atoms with Crippen LogP contribution in [0.5, 0.6) is 5.75 Å². The van der Waals surface area contributed by atoms with Gasteiger partial charge in [0.15, 0.2) is 0 Å². The Labute approximate surface area is 268 Å². The summed E-state index contributed by atoms with van der Waals surface area (Å²) in [7, 11) is 0. The van der Waals surface area contributed by atoms with E-state index in [-0.39, 0.29) is 34.9 Å². The van der Waals surface area contributed by atoms with Crippen molar-refractivity contribution in [3.8, 4) is 16.9 Å². The number of alkyl halides is 3. The van der Waals surface area contributed by atoms with Crippen LogP contribution in [0.25, 0.3) is 11.1 Å². The van der Waals surface area contributed by atoms with Gasteiger partial charge in [-0.25, -0.2) is 9.69 Å². The van der Waals surface area contributed by atoms with Crippen LogP contribution >= 0.6 is 0 Å². The van der Waals surface area contributed by atoms with Crippen molar-refractivity contribution in [1.29, 1.82) is 0 Å². The molecule has 3 aromatic carbocycles. The third-order valence-corrected chi connectivity index (χ3v) is 8.01. The number of fused-ring (bicyclic) bond motifs is 1. The van der Waals surface area contributed by atoms with E-state index in [0.29, 0.717) is 30.7 Å². The Morgan fingerprint density at radius 1 is 0.957 bits per heavy atom. The Kier molecular flexibility index (Phi) is 10.5. The van der Waals surface area contributed by atoms with Gasteiger partial charge in [-0.1, -0.05) is 74.0 Å². The number of anilines is 1. The smallest absolute Gasteiger partial charge is 0.447 e. The van der Waals surface area contributed by atoms with Gasteiger partial charge in [-0.05, 0) is 69.4 Å². The van der Waals surface area contributed by atoms with E-state index in [1.54, 1.807) is 17.0 Å². The zero-order valence-corrected chi connectivity index (χ0v) is 27.1. The van der Waals surface area contributed by atoms with Gasteiger partial charge in [0.2, 0.25) is 11.8 Å². The summed E-state index contributed by atoms with van der Waals surface area (Å²) in [5.41, 5.74) is 4.55. The van der Waals surface area contributed by atoms with Gasteiger partial charge in [-0.2, -0.15) is 0 Å². The molecule has 7 nitrogen and oxygen atoms in total. The van der Waals surface area contributed by atoms with Gasteiger partial charge in [0, 0.05) is 35.0 Å². The first-order valence-electron chi connectivity index (χ1n) is 15.4. The molecule has 0 bridgehead atoms. The van der Waals surface area contributed by atoms with Crippen LogP contribution in [0.2, 0.25) is 0 Å². The van der Waals surface area contributed by atoms with E-state index in [1.807, 2.05) is 65.0 Å². The van der Waals surface area contributed by atoms with Gasteiger partial charge in [-0.15, -0.1) is 13.2 Å². The highest BCUT2D eigenvalue weighted by molar-refractivity contribution is 5.99. The quantitative estimate of drug-likeness (QED) is 0.287. The molecule has 1 saturated carbocycles. The molecule has 0 unspecified atom stereocenters. The Morgan fingerprint density at radius 3 is 2.11 bits per heavy atom. The predicted octanol–water partition coefficient (Wildman–Crippen LogP) is 8.35. The summed E-state index contributed by atoms with van der Waals surface area (Å²) in [4.78, 5) is 37.8. The van der Waals surface area contributed by atoms with Crippen LogP contribution in [0.4, 0.5) is 23.7 Å². The number of hydrogen-bond donors (Lipinski definition) is 0. The summed E-state index contributed by atoms with van der Waals surface area (Å²) in [5, 5.41) is 0. The van der Waals surface area contributed by atoms with E-state index in [2.05, 4.69) is 28.5 Å². The average Bonchev–Trinajstić information content (AvgIpc) is 3.73. The molecular formula is C36H41F3N2O5. The molecule has 10 heteroatoms. The average molecular weight is 639 g/mol. The number of hydrogen-bond acceptors (Lipinski definition) is 5. The Balaban J connectivity index is 0.000000215. The number of benzene rings is 3. The van der Waals surface area contributed by atoms with E-state index in [1.165, 1.54) is 22.6 Å². The molecule has 2 aliphatic heterocycles. The Morgan fingerprint density at radius 2 is 1.59 bits per heavy atom. The molecule has 3 amide bonds. The van der Waals surface area contributed by atoms with Crippen molar-refractivity contribution in [2.45, 2.75) is 78.6 Å². The fraction of sp³-hybridized carbons (Fsp3) is 0.417. The standard InChI is InChI=1S/C22H24F3NO2.C7H9NO3.C7H8/c1-13(2)26-18-11-16(14(3)10-17(18)21(4,5)12-20(26)27)15-8-6-7-9-19(15)28-22(23,24)25;9-6(5-1-2-5)8-3-4-11-7(8)10;1-7-5-3-2-4-6-7/h6-11,13H,12H2,1-5H3;5H,1-4H2;2-6H,1H3. The fourth-order valence-corrected chi connectivity index (χ4v) is 5.57. The van der Waals surface area contributed by atoms with Crippen molar-refractivity contribution < 1.29 is 37.0 Å². The number of carbonyl (C=O) groups excluding carboxylic acids is 3. The fourth-order valence-electron chi connectivity index (χ4n) is 5.57. The van der Waals surface area contributed by atoms with E-state index in [0.717, 1.165) is 29.7 Å². The van der Waals surface area contributed by atoms with Gasteiger partial charge in [0.1, 0.15) is 12.4 Å². The third kappa shape index (κ3) is 8.47. The molecule has 1 saturated heterocycles.